The molecule has 0 radical (unpaired) electrons. The lowest BCUT2D eigenvalue weighted by molar-refractivity contribution is 0.0995. The Balaban J connectivity index is 2.11. The molecule has 0 bridgehead atoms. The Morgan fingerprint density at radius 1 is 1.47 bits per heavy atom. The molecule has 0 fully saturated rings. The van der Waals surface area contributed by atoms with Crippen LogP contribution in [0.4, 0.5) is 5.69 Å². The maximum absolute atomic E-state index is 11.8. The van der Waals surface area contributed by atoms with Crippen molar-refractivity contribution in [2.45, 2.75) is 13.5 Å². The van der Waals surface area contributed by atoms with Crippen LogP contribution in [0.2, 0.25) is 0 Å². The first kappa shape index (κ1) is 11.3. The van der Waals surface area contributed by atoms with E-state index in [1.807, 2.05) is 13.0 Å². The molecule has 17 heavy (non-hydrogen) atoms. The second-order valence-electron chi connectivity index (χ2n) is 3.68. The second kappa shape index (κ2) is 4.80. The fourth-order valence-corrected chi connectivity index (χ4v) is 1.43. The van der Waals surface area contributed by atoms with E-state index in [0.29, 0.717) is 11.4 Å². The molecule has 0 aromatic carbocycles. The molecular weight excluding hydrogens is 218 g/mol. The fourth-order valence-electron chi connectivity index (χ4n) is 1.43. The summed E-state index contributed by atoms with van der Waals surface area (Å²) in [4.78, 5) is 15.8. The van der Waals surface area contributed by atoms with Crippen molar-refractivity contribution < 1.29 is 9.21 Å². The Labute approximate surface area is 98.6 Å². The number of anilines is 1. The summed E-state index contributed by atoms with van der Waals surface area (Å²) in [6.07, 6.45) is 3.30. The first-order chi connectivity index (χ1) is 8.19. The van der Waals surface area contributed by atoms with Crippen molar-refractivity contribution in [3.63, 3.8) is 0 Å². The number of aryl methyl sites for hydroxylation is 1. The van der Waals surface area contributed by atoms with Gasteiger partial charge >= 0.3 is 0 Å². The van der Waals surface area contributed by atoms with Crippen LogP contribution in [0, 0.1) is 6.92 Å². The second-order valence-corrected chi connectivity index (χ2v) is 3.68. The number of furan rings is 1. The number of nitrogens with two attached hydrogens (primary N) is 1. The number of hydrogen-bond donors (Lipinski definition) is 2. The van der Waals surface area contributed by atoms with Crippen molar-refractivity contribution in [1.82, 2.24) is 4.98 Å². The van der Waals surface area contributed by atoms with E-state index < -0.39 is 0 Å². The van der Waals surface area contributed by atoms with Gasteiger partial charge in [-0.2, -0.15) is 0 Å². The lowest BCUT2D eigenvalue weighted by atomic mass is 10.3. The van der Waals surface area contributed by atoms with Gasteiger partial charge in [-0.3, -0.25) is 9.78 Å². The third kappa shape index (κ3) is 2.70. The summed E-state index contributed by atoms with van der Waals surface area (Å²) < 4.78 is 5.24. The highest BCUT2D eigenvalue weighted by atomic mass is 16.4. The summed E-state index contributed by atoms with van der Waals surface area (Å²) in [6, 6.07) is 5.11. The van der Waals surface area contributed by atoms with E-state index in [2.05, 4.69) is 10.3 Å². The summed E-state index contributed by atoms with van der Waals surface area (Å²) in [5, 5.41) is 2.70. The molecule has 0 spiro atoms. The van der Waals surface area contributed by atoms with Crippen LogP contribution < -0.4 is 11.1 Å². The summed E-state index contributed by atoms with van der Waals surface area (Å²) in [5.74, 6) is 0.515. The minimum Gasteiger partial charge on any atom is -0.455 e. The molecule has 2 aromatic heterocycles. The van der Waals surface area contributed by atoms with Crippen molar-refractivity contribution in [1.29, 1.82) is 0 Å². The van der Waals surface area contributed by atoms with Gasteiger partial charge < -0.3 is 15.5 Å². The van der Waals surface area contributed by atoms with Gasteiger partial charge in [-0.1, -0.05) is 0 Å². The van der Waals surface area contributed by atoms with E-state index in [-0.39, 0.29) is 18.2 Å². The largest absolute Gasteiger partial charge is 0.455 e. The highest BCUT2D eigenvalue weighted by Crippen LogP contribution is 2.12. The Morgan fingerprint density at radius 2 is 2.29 bits per heavy atom. The predicted molar refractivity (Wildman–Crippen MR) is 63.5 cm³/mol. The zero-order chi connectivity index (χ0) is 12.3. The standard InChI is InChI=1S/C12H13N3O2/c1-8-4-9(7-14-6-8)15-12(16)11-3-2-10(5-13)17-11/h2-4,6-7H,5,13H2,1H3,(H,15,16). The van der Waals surface area contributed by atoms with Gasteiger partial charge in [-0.25, -0.2) is 0 Å². The van der Waals surface area contributed by atoms with Gasteiger partial charge in [-0.15, -0.1) is 0 Å². The highest BCUT2D eigenvalue weighted by molar-refractivity contribution is 6.02. The molecule has 2 aromatic rings. The number of nitrogens with zero attached hydrogens (tertiary/aromatic N) is 1. The first-order valence-corrected chi connectivity index (χ1v) is 5.21. The van der Waals surface area contributed by atoms with Crippen LogP contribution in [0.5, 0.6) is 0 Å². The number of hydrogen-bond acceptors (Lipinski definition) is 4. The molecular formula is C12H13N3O2. The molecule has 2 rings (SSSR count). The Morgan fingerprint density at radius 3 is 2.94 bits per heavy atom. The maximum atomic E-state index is 11.8. The van der Waals surface area contributed by atoms with E-state index in [1.54, 1.807) is 24.5 Å². The van der Waals surface area contributed by atoms with Gasteiger partial charge in [-0.05, 0) is 30.7 Å². The number of rotatable bonds is 3. The number of amides is 1. The van der Waals surface area contributed by atoms with E-state index in [9.17, 15) is 4.79 Å². The lowest BCUT2D eigenvalue weighted by Crippen LogP contribution is -2.11. The van der Waals surface area contributed by atoms with Crippen molar-refractivity contribution in [2.75, 3.05) is 5.32 Å². The van der Waals surface area contributed by atoms with Crippen LogP contribution in [-0.2, 0) is 6.54 Å². The zero-order valence-electron chi connectivity index (χ0n) is 9.43. The van der Waals surface area contributed by atoms with Gasteiger partial charge in [0.05, 0.1) is 18.4 Å². The van der Waals surface area contributed by atoms with Gasteiger partial charge in [0.25, 0.3) is 5.91 Å². The molecule has 0 unspecified atom stereocenters. The minimum atomic E-state index is -0.308. The maximum Gasteiger partial charge on any atom is 0.291 e. The first-order valence-electron chi connectivity index (χ1n) is 5.21. The number of pyridine rings is 1. The molecule has 0 saturated heterocycles. The van der Waals surface area contributed by atoms with Crippen LogP contribution in [0.15, 0.2) is 35.0 Å². The molecule has 5 heteroatoms. The smallest absolute Gasteiger partial charge is 0.291 e. The van der Waals surface area contributed by atoms with Crippen LogP contribution >= 0.6 is 0 Å². The fraction of sp³-hybridized carbons (Fsp3) is 0.167. The van der Waals surface area contributed by atoms with Crippen LogP contribution in [0.3, 0.4) is 0 Å². The molecule has 0 saturated carbocycles. The average Bonchev–Trinajstić information content (AvgIpc) is 2.77. The summed E-state index contributed by atoms with van der Waals surface area (Å²) >= 11 is 0. The highest BCUT2D eigenvalue weighted by Gasteiger charge is 2.10. The van der Waals surface area contributed by atoms with Crippen LogP contribution in [-0.4, -0.2) is 10.9 Å². The molecule has 2 heterocycles. The quantitative estimate of drug-likeness (QED) is 0.842. The van der Waals surface area contributed by atoms with Gasteiger partial charge in [0.1, 0.15) is 5.76 Å². The SMILES string of the molecule is Cc1cncc(NC(=O)c2ccc(CN)o2)c1. The van der Waals surface area contributed by atoms with Crippen LogP contribution in [0.1, 0.15) is 21.9 Å². The van der Waals surface area contributed by atoms with Crippen molar-refractivity contribution in [3.8, 4) is 0 Å². The zero-order valence-corrected chi connectivity index (χ0v) is 9.43. The van der Waals surface area contributed by atoms with Crippen molar-refractivity contribution in [2.24, 2.45) is 5.73 Å². The van der Waals surface area contributed by atoms with Crippen molar-refractivity contribution in [3.05, 3.63) is 47.7 Å². The summed E-state index contributed by atoms with van der Waals surface area (Å²) in [7, 11) is 0. The van der Waals surface area contributed by atoms with E-state index in [0.717, 1.165) is 5.56 Å². The Hall–Kier alpha value is -2.14. The summed E-state index contributed by atoms with van der Waals surface area (Å²) in [5.41, 5.74) is 7.02. The van der Waals surface area contributed by atoms with Gasteiger partial charge in [0.15, 0.2) is 5.76 Å². The van der Waals surface area contributed by atoms with Gasteiger partial charge in [0, 0.05) is 6.20 Å². The normalized spacial score (nSPS) is 10.2. The minimum absolute atomic E-state index is 0.243. The Bertz CT molecular complexity index is 534. The van der Waals surface area contributed by atoms with E-state index in [4.69, 9.17) is 10.2 Å². The summed E-state index contributed by atoms with van der Waals surface area (Å²) in [6.45, 7) is 2.18. The topological polar surface area (TPSA) is 81.2 Å². The number of carbonyl (C=O) groups is 1. The third-order valence-corrected chi connectivity index (χ3v) is 2.22. The molecule has 0 aliphatic carbocycles. The molecule has 0 aliphatic heterocycles. The van der Waals surface area contributed by atoms with Crippen molar-refractivity contribution >= 4 is 11.6 Å². The third-order valence-electron chi connectivity index (χ3n) is 2.22. The Kier molecular flexibility index (Phi) is 3.20. The van der Waals surface area contributed by atoms with E-state index in [1.165, 1.54) is 0 Å². The van der Waals surface area contributed by atoms with Gasteiger partial charge in [0.2, 0.25) is 0 Å². The molecule has 1 amide bonds. The molecule has 3 N–H and O–H groups in total. The average molecular weight is 231 g/mol. The monoisotopic (exact) mass is 231 g/mol. The molecule has 0 atom stereocenters. The molecule has 0 aliphatic rings. The van der Waals surface area contributed by atoms with E-state index >= 15 is 0 Å². The lowest BCUT2D eigenvalue weighted by Gasteiger charge is -2.03. The predicted octanol–water partition coefficient (Wildman–Crippen LogP) is 1.69. The number of aromatic nitrogens is 1. The number of nitrogens with one attached hydrogen (secondary N) is 1. The number of carbonyl (C=O) groups excluding carboxylic acids is 1. The van der Waals surface area contributed by atoms with Crippen LogP contribution in [0.25, 0.3) is 0 Å². The molecule has 88 valence electrons. The molecule has 5 nitrogen and oxygen atoms in total.